The quantitative estimate of drug-likeness (QED) is 0.603. The Morgan fingerprint density at radius 3 is 2.50 bits per heavy atom. The van der Waals surface area contributed by atoms with E-state index in [9.17, 15) is 20.2 Å². The van der Waals surface area contributed by atoms with E-state index in [0.717, 1.165) is 0 Å². The predicted molar refractivity (Wildman–Crippen MR) is 71.0 cm³/mol. The molecule has 20 heavy (non-hydrogen) atoms. The topological polar surface area (TPSA) is 107 Å². The normalized spacial score (nSPS) is 11.8. The maximum Gasteiger partial charge on any atom is 0.304 e. The Labute approximate surface area is 116 Å². The first-order valence-electron chi connectivity index (χ1n) is 6.09. The van der Waals surface area contributed by atoms with E-state index in [1.165, 1.54) is 24.3 Å². The van der Waals surface area contributed by atoms with E-state index in [-0.39, 0.29) is 18.7 Å². The molecule has 0 amide bonds. The molecule has 1 N–H and O–H groups in total. The molecule has 0 saturated carbocycles. The number of hydrogen-bond acceptors (Lipinski definition) is 5. The second-order valence-corrected chi connectivity index (χ2v) is 4.15. The number of benzene rings is 1. The Bertz CT molecular complexity index is 521. The standard InChI is InChI=1S/C13H15N3O4/c1-2-15(8-7-13(17)18)12(9-14)10-3-5-11(6-4-10)16(19)20/h3-6,12H,2,7-8H2,1H3,(H,17,18). The van der Waals surface area contributed by atoms with Gasteiger partial charge < -0.3 is 5.11 Å². The van der Waals surface area contributed by atoms with Gasteiger partial charge in [-0.15, -0.1) is 0 Å². The summed E-state index contributed by atoms with van der Waals surface area (Å²) in [6.45, 7) is 2.60. The minimum Gasteiger partial charge on any atom is -0.481 e. The smallest absolute Gasteiger partial charge is 0.304 e. The lowest BCUT2D eigenvalue weighted by atomic mass is 10.1. The van der Waals surface area contributed by atoms with Crippen LogP contribution < -0.4 is 0 Å². The van der Waals surface area contributed by atoms with Gasteiger partial charge >= 0.3 is 5.97 Å². The predicted octanol–water partition coefficient (Wildman–Crippen LogP) is 1.96. The molecule has 0 heterocycles. The zero-order valence-corrected chi connectivity index (χ0v) is 11.0. The molecule has 1 unspecified atom stereocenters. The first-order chi connectivity index (χ1) is 9.49. The molecule has 0 aromatic heterocycles. The summed E-state index contributed by atoms with van der Waals surface area (Å²) in [5, 5.41) is 28.5. The molecule has 7 heteroatoms. The van der Waals surface area contributed by atoms with Crippen LogP contribution in [0.4, 0.5) is 5.69 Å². The van der Waals surface area contributed by atoms with Crippen molar-refractivity contribution in [2.45, 2.75) is 19.4 Å². The van der Waals surface area contributed by atoms with E-state index in [1.54, 1.807) is 4.90 Å². The lowest BCUT2D eigenvalue weighted by molar-refractivity contribution is -0.384. The molecule has 1 aromatic rings. The van der Waals surface area contributed by atoms with Crippen LogP contribution in [0.25, 0.3) is 0 Å². The summed E-state index contributed by atoms with van der Waals surface area (Å²) in [6, 6.07) is 7.22. The van der Waals surface area contributed by atoms with Gasteiger partial charge in [0, 0.05) is 18.7 Å². The second-order valence-electron chi connectivity index (χ2n) is 4.15. The highest BCUT2D eigenvalue weighted by Gasteiger charge is 2.20. The highest BCUT2D eigenvalue weighted by molar-refractivity contribution is 5.66. The van der Waals surface area contributed by atoms with E-state index in [2.05, 4.69) is 6.07 Å². The first-order valence-corrected chi connectivity index (χ1v) is 6.09. The Kier molecular flexibility index (Phi) is 5.62. The van der Waals surface area contributed by atoms with Gasteiger partial charge in [0.2, 0.25) is 0 Å². The Balaban J connectivity index is 2.90. The molecule has 0 aliphatic carbocycles. The van der Waals surface area contributed by atoms with Crippen LogP contribution in [-0.4, -0.2) is 34.0 Å². The average molecular weight is 277 g/mol. The molecular weight excluding hydrogens is 262 g/mol. The number of rotatable bonds is 7. The van der Waals surface area contributed by atoms with Crippen molar-refractivity contribution in [3.05, 3.63) is 39.9 Å². The molecule has 106 valence electrons. The number of carbonyl (C=O) groups is 1. The minimum atomic E-state index is -0.927. The maximum absolute atomic E-state index is 10.6. The number of non-ortho nitro benzene ring substituents is 1. The van der Waals surface area contributed by atoms with Crippen LogP contribution in [0.1, 0.15) is 24.9 Å². The number of nitrogens with zero attached hydrogens (tertiary/aromatic N) is 3. The lowest BCUT2D eigenvalue weighted by Crippen LogP contribution is -2.30. The zero-order valence-electron chi connectivity index (χ0n) is 11.0. The fourth-order valence-corrected chi connectivity index (χ4v) is 1.85. The van der Waals surface area contributed by atoms with E-state index in [4.69, 9.17) is 5.11 Å². The van der Waals surface area contributed by atoms with Crippen molar-refractivity contribution in [3.8, 4) is 6.07 Å². The Hall–Kier alpha value is -2.46. The number of carboxylic acid groups (broad SMARTS) is 1. The van der Waals surface area contributed by atoms with Crippen molar-refractivity contribution < 1.29 is 14.8 Å². The van der Waals surface area contributed by atoms with Gasteiger partial charge in [0.25, 0.3) is 5.69 Å². The molecule has 0 saturated heterocycles. The van der Waals surface area contributed by atoms with Crippen LogP contribution in [0.5, 0.6) is 0 Å². The molecule has 1 atom stereocenters. The molecule has 1 rings (SSSR count). The van der Waals surface area contributed by atoms with Crippen molar-refractivity contribution in [2.75, 3.05) is 13.1 Å². The summed E-state index contributed by atoms with van der Waals surface area (Å²) in [5.74, 6) is -0.927. The number of aliphatic carboxylic acids is 1. The van der Waals surface area contributed by atoms with Crippen LogP contribution in [0.2, 0.25) is 0 Å². The summed E-state index contributed by atoms with van der Waals surface area (Å²) in [4.78, 5) is 22.4. The molecule has 0 radical (unpaired) electrons. The van der Waals surface area contributed by atoms with Crippen LogP contribution in [0.3, 0.4) is 0 Å². The molecule has 0 fully saturated rings. The van der Waals surface area contributed by atoms with Crippen molar-refractivity contribution in [3.63, 3.8) is 0 Å². The highest BCUT2D eigenvalue weighted by Crippen LogP contribution is 2.22. The summed E-state index contributed by atoms with van der Waals surface area (Å²) >= 11 is 0. The molecule has 0 aliphatic rings. The fraction of sp³-hybridized carbons (Fsp3) is 0.385. The maximum atomic E-state index is 10.6. The van der Waals surface area contributed by atoms with Gasteiger partial charge in [0.05, 0.1) is 17.4 Å². The van der Waals surface area contributed by atoms with Gasteiger partial charge in [0.1, 0.15) is 6.04 Å². The van der Waals surface area contributed by atoms with Crippen LogP contribution in [0, 0.1) is 21.4 Å². The van der Waals surface area contributed by atoms with E-state index >= 15 is 0 Å². The largest absolute Gasteiger partial charge is 0.481 e. The molecule has 7 nitrogen and oxygen atoms in total. The number of nitro benzene ring substituents is 1. The number of nitro groups is 1. The van der Waals surface area contributed by atoms with Gasteiger partial charge in [0.15, 0.2) is 0 Å². The molecular formula is C13H15N3O4. The van der Waals surface area contributed by atoms with Crippen molar-refractivity contribution in [1.82, 2.24) is 4.90 Å². The zero-order chi connectivity index (χ0) is 15.1. The lowest BCUT2D eigenvalue weighted by Gasteiger charge is -2.25. The highest BCUT2D eigenvalue weighted by atomic mass is 16.6. The van der Waals surface area contributed by atoms with Crippen LogP contribution in [0.15, 0.2) is 24.3 Å². The van der Waals surface area contributed by atoms with Crippen LogP contribution >= 0.6 is 0 Å². The second kappa shape index (κ2) is 7.21. The first kappa shape index (κ1) is 15.6. The Morgan fingerprint density at radius 2 is 2.10 bits per heavy atom. The number of carboxylic acids is 1. The molecule has 0 aliphatic heterocycles. The number of nitriles is 1. The third-order valence-electron chi connectivity index (χ3n) is 2.93. The average Bonchev–Trinajstić information content (AvgIpc) is 2.43. The Morgan fingerprint density at radius 1 is 1.50 bits per heavy atom. The van der Waals surface area contributed by atoms with Gasteiger partial charge in [-0.1, -0.05) is 6.92 Å². The third kappa shape index (κ3) is 4.03. The summed E-state index contributed by atoms with van der Waals surface area (Å²) < 4.78 is 0. The van der Waals surface area contributed by atoms with Gasteiger partial charge in [-0.05, 0) is 24.2 Å². The molecule has 1 aromatic carbocycles. The SMILES string of the molecule is CCN(CCC(=O)O)C(C#N)c1ccc([N+](=O)[O-])cc1. The van der Waals surface area contributed by atoms with Gasteiger partial charge in [-0.2, -0.15) is 5.26 Å². The third-order valence-corrected chi connectivity index (χ3v) is 2.93. The van der Waals surface area contributed by atoms with E-state index < -0.39 is 16.9 Å². The fourth-order valence-electron chi connectivity index (χ4n) is 1.85. The van der Waals surface area contributed by atoms with Crippen molar-refractivity contribution in [1.29, 1.82) is 5.26 Å². The minimum absolute atomic E-state index is 0.0426. The van der Waals surface area contributed by atoms with Gasteiger partial charge in [-0.3, -0.25) is 19.8 Å². The monoisotopic (exact) mass is 277 g/mol. The summed E-state index contributed by atoms with van der Waals surface area (Å²) in [6.07, 6.45) is -0.0565. The van der Waals surface area contributed by atoms with Crippen molar-refractivity contribution in [2.24, 2.45) is 0 Å². The van der Waals surface area contributed by atoms with Crippen LogP contribution in [-0.2, 0) is 4.79 Å². The van der Waals surface area contributed by atoms with Gasteiger partial charge in [-0.25, -0.2) is 0 Å². The van der Waals surface area contributed by atoms with E-state index in [1.807, 2.05) is 6.92 Å². The van der Waals surface area contributed by atoms with Crippen molar-refractivity contribution >= 4 is 11.7 Å². The number of hydrogen-bond donors (Lipinski definition) is 1. The molecule has 0 spiro atoms. The molecule has 0 bridgehead atoms. The van der Waals surface area contributed by atoms with E-state index in [0.29, 0.717) is 12.1 Å². The summed E-state index contributed by atoms with van der Waals surface area (Å²) in [5.41, 5.74) is 0.573. The summed E-state index contributed by atoms with van der Waals surface area (Å²) in [7, 11) is 0.